The van der Waals surface area contributed by atoms with Crippen LogP contribution in [0.25, 0.3) is 0 Å². The fourth-order valence-electron chi connectivity index (χ4n) is 3.55. The summed E-state index contributed by atoms with van der Waals surface area (Å²) in [7, 11) is 0.125. The van der Waals surface area contributed by atoms with Crippen LogP contribution in [0.15, 0.2) is 48.5 Å². The molecule has 0 aromatic heterocycles. The van der Waals surface area contributed by atoms with Crippen molar-refractivity contribution in [2.24, 2.45) is 0 Å². The second-order valence-electron chi connectivity index (χ2n) is 8.73. The fraction of sp³-hybridized carbons (Fsp3) is 0.440. The molecule has 1 atom stereocenters. The third-order valence-electron chi connectivity index (χ3n) is 5.46. The minimum absolute atomic E-state index is 0.0755. The van der Waals surface area contributed by atoms with Crippen LogP contribution >= 0.6 is 0 Å². The van der Waals surface area contributed by atoms with Gasteiger partial charge in [0.15, 0.2) is 0 Å². The average Bonchev–Trinajstić information content (AvgIpc) is 2.82. The van der Waals surface area contributed by atoms with Crippen LogP contribution in [-0.2, 0) is 26.3 Å². The number of carbonyl (C=O) groups is 2. The van der Waals surface area contributed by atoms with Gasteiger partial charge in [0, 0.05) is 26.7 Å². The Bertz CT molecular complexity index is 1120. The van der Waals surface area contributed by atoms with E-state index in [2.05, 4.69) is 5.32 Å². The molecule has 0 spiro atoms. The molecule has 2 amide bonds. The fourth-order valence-corrected chi connectivity index (χ4v) is 4.61. The summed E-state index contributed by atoms with van der Waals surface area (Å²) in [5.74, 6) is -0.810. The molecule has 9 nitrogen and oxygen atoms in total. The molecule has 0 unspecified atom stereocenters. The third-order valence-corrected chi connectivity index (χ3v) is 7.28. The van der Waals surface area contributed by atoms with E-state index in [1.807, 2.05) is 13.8 Å². The van der Waals surface area contributed by atoms with Crippen LogP contribution in [0.2, 0.25) is 0 Å². The lowest BCUT2D eigenvalue weighted by Gasteiger charge is -2.34. The van der Waals surface area contributed by atoms with E-state index in [1.54, 1.807) is 38.3 Å². The van der Waals surface area contributed by atoms with Gasteiger partial charge in [0.05, 0.1) is 12.8 Å². The Morgan fingerprint density at radius 2 is 1.61 bits per heavy atom. The first-order valence-corrected chi connectivity index (χ1v) is 13.0. The molecule has 36 heavy (non-hydrogen) atoms. The number of benzene rings is 2. The second-order valence-corrected chi connectivity index (χ2v) is 10.8. The standard InChI is InChI=1S/C25H35FN4O5S/c1-7-23(25(32)27-18(2)3)29(16-19-8-14-22(35-6)15-9-19)24(31)17-30(36(33,34)28(4)5)21-12-10-20(26)11-13-21/h8-15,18,23H,7,16-17H2,1-6H3,(H,27,32)/t23-/m0/s1. The first kappa shape index (κ1) is 29.1. The van der Waals surface area contributed by atoms with Gasteiger partial charge in [-0.2, -0.15) is 12.7 Å². The molecule has 2 aromatic rings. The quantitative estimate of drug-likeness (QED) is 0.462. The maximum absolute atomic E-state index is 13.7. The van der Waals surface area contributed by atoms with Crippen LogP contribution < -0.4 is 14.4 Å². The van der Waals surface area contributed by atoms with Crippen molar-refractivity contribution in [1.29, 1.82) is 0 Å². The van der Waals surface area contributed by atoms with Crippen LogP contribution in [0.3, 0.4) is 0 Å². The molecule has 0 aliphatic rings. The zero-order valence-corrected chi connectivity index (χ0v) is 22.4. The third kappa shape index (κ3) is 7.41. The first-order valence-electron chi connectivity index (χ1n) is 11.6. The van der Waals surface area contributed by atoms with E-state index in [9.17, 15) is 22.4 Å². The summed E-state index contributed by atoms with van der Waals surface area (Å²) in [6.07, 6.45) is 0.317. The highest BCUT2D eigenvalue weighted by atomic mass is 32.2. The monoisotopic (exact) mass is 522 g/mol. The van der Waals surface area contributed by atoms with Crippen LogP contribution in [0.1, 0.15) is 32.8 Å². The molecule has 198 valence electrons. The van der Waals surface area contributed by atoms with E-state index < -0.39 is 34.5 Å². The topological polar surface area (TPSA) is 99.3 Å². The maximum atomic E-state index is 13.7. The number of nitrogens with zero attached hydrogens (tertiary/aromatic N) is 3. The van der Waals surface area contributed by atoms with E-state index in [4.69, 9.17) is 4.74 Å². The van der Waals surface area contributed by atoms with Gasteiger partial charge in [-0.05, 0) is 62.2 Å². The molecule has 0 saturated carbocycles. The van der Waals surface area contributed by atoms with E-state index in [1.165, 1.54) is 31.1 Å². The smallest absolute Gasteiger partial charge is 0.304 e. The summed E-state index contributed by atoms with van der Waals surface area (Å²) in [6.45, 7) is 4.92. The van der Waals surface area contributed by atoms with Crippen molar-refractivity contribution in [3.63, 3.8) is 0 Å². The SMILES string of the molecule is CC[C@@H](C(=O)NC(C)C)N(Cc1ccc(OC)cc1)C(=O)CN(c1ccc(F)cc1)S(=O)(=O)N(C)C. The molecule has 11 heteroatoms. The zero-order valence-electron chi connectivity index (χ0n) is 21.6. The summed E-state index contributed by atoms with van der Waals surface area (Å²) in [5, 5.41) is 2.84. The molecule has 0 fully saturated rings. The number of amides is 2. The predicted octanol–water partition coefficient (Wildman–Crippen LogP) is 2.78. The summed E-state index contributed by atoms with van der Waals surface area (Å²) in [5.41, 5.74) is 0.867. The Morgan fingerprint density at radius 3 is 2.08 bits per heavy atom. The van der Waals surface area contributed by atoms with E-state index in [0.717, 1.165) is 26.3 Å². The normalized spacial score (nSPS) is 12.4. The molecule has 2 rings (SSSR count). The van der Waals surface area contributed by atoms with Crippen molar-refractivity contribution in [2.45, 2.75) is 45.8 Å². The number of hydrogen-bond donors (Lipinski definition) is 1. The van der Waals surface area contributed by atoms with Gasteiger partial charge >= 0.3 is 10.2 Å². The summed E-state index contributed by atoms with van der Waals surface area (Å²) >= 11 is 0. The van der Waals surface area contributed by atoms with Crippen LogP contribution in [0.4, 0.5) is 10.1 Å². The Morgan fingerprint density at radius 1 is 1.03 bits per heavy atom. The highest BCUT2D eigenvalue weighted by molar-refractivity contribution is 7.90. The van der Waals surface area contributed by atoms with Crippen LogP contribution in [-0.4, -0.2) is 69.3 Å². The first-order chi connectivity index (χ1) is 16.9. The van der Waals surface area contributed by atoms with E-state index >= 15 is 0 Å². The van der Waals surface area contributed by atoms with Gasteiger partial charge in [-0.15, -0.1) is 0 Å². The van der Waals surface area contributed by atoms with Crippen molar-refractivity contribution in [3.05, 3.63) is 59.9 Å². The number of halogens is 1. The summed E-state index contributed by atoms with van der Waals surface area (Å²) < 4.78 is 46.8. The van der Waals surface area contributed by atoms with Gasteiger partial charge in [-0.3, -0.25) is 9.59 Å². The lowest BCUT2D eigenvalue weighted by molar-refractivity contribution is -0.140. The van der Waals surface area contributed by atoms with Crippen molar-refractivity contribution < 1.29 is 27.1 Å². The number of methoxy groups -OCH3 is 1. The molecule has 1 N–H and O–H groups in total. The van der Waals surface area contributed by atoms with Crippen molar-refractivity contribution in [2.75, 3.05) is 32.1 Å². The van der Waals surface area contributed by atoms with Crippen molar-refractivity contribution >= 4 is 27.7 Å². The molecule has 0 aliphatic carbocycles. The number of rotatable bonds is 12. The average molecular weight is 523 g/mol. The van der Waals surface area contributed by atoms with Crippen molar-refractivity contribution in [3.8, 4) is 5.75 Å². The Kier molecular flexibility index (Phi) is 10.2. The number of anilines is 1. The number of ether oxygens (including phenoxy) is 1. The number of hydrogen-bond acceptors (Lipinski definition) is 5. The molecular weight excluding hydrogens is 487 g/mol. The highest BCUT2D eigenvalue weighted by Gasteiger charge is 2.33. The predicted molar refractivity (Wildman–Crippen MR) is 137 cm³/mol. The van der Waals surface area contributed by atoms with Gasteiger partial charge in [0.25, 0.3) is 0 Å². The van der Waals surface area contributed by atoms with Crippen molar-refractivity contribution in [1.82, 2.24) is 14.5 Å². The minimum Gasteiger partial charge on any atom is -0.497 e. The Balaban J connectivity index is 2.49. The maximum Gasteiger partial charge on any atom is 0.304 e. The van der Waals surface area contributed by atoms with Crippen LogP contribution in [0, 0.1) is 5.82 Å². The molecular formula is C25H35FN4O5S. The lowest BCUT2D eigenvalue weighted by Crippen LogP contribution is -2.54. The Hall–Kier alpha value is -3.18. The van der Waals surface area contributed by atoms with Gasteiger partial charge in [-0.25, -0.2) is 8.70 Å². The number of carbonyl (C=O) groups excluding carboxylic acids is 2. The molecule has 0 aliphatic heterocycles. The van der Waals surface area contributed by atoms with Gasteiger partial charge < -0.3 is 15.0 Å². The summed E-state index contributed by atoms with van der Waals surface area (Å²) in [4.78, 5) is 28.1. The highest BCUT2D eigenvalue weighted by Crippen LogP contribution is 2.22. The second kappa shape index (κ2) is 12.7. The van der Waals surface area contributed by atoms with Gasteiger partial charge in [0.1, 0.15) is 24.2 Å². The largest absolute Gasteiger partial charge is 0.497 e. The minimum atomic E-state index is -4.11. The Labute approximate surface area is 213 Å². The van der Waals surface area contributed by atoms with Gasteiger partial charge in [-0.1, -0.05) is 19.1 Å². The summed E-state index contributed by atoms with van der Waals surface area (Å²) in [6, 6.07) is 10.9. The zero-order chi connectivity index (χ0) is 27.0. The molecule has 0 saturated heterocycles. The molecule has 0 heterocycles. The number of nitrogens with one attached hydrogen (secondary N) is 1. The van der Waals surface area contributed by atoms with E-state index in [-0.39, 0.29) is 24.2 Å². The molecule has 0 radical (unpaired) electrons. The van der Waals surface area contributed by atoms with Crippen LogP contribution in [0.5, 0.6) is 5.75 Å². The van der Waals surface area contributed by atoms with E-state index in [0.29, 0.717) is 12.2 Å². The lowest BCUT2D eigenvalue weighted by atomic mass is 10.1. The molecule has 0 bridgehead atoms. The molecule has 2 aromatic carbocycles. The van der Waals surface area contributed by atoms with Gasteiger partial charge in [0.2, 0.25) is 11.8 Å².